The average Bonchev–Trinajstić information content (AvgIpc) is 2.13. The molecule has 0 amide bonds. The van der Waals surface area contributed by atoms with Gasteiger partial charge in [0.05, 0.1) is 6.54 Å². The third kappa shape index (κ3) is 1.15. The highest BCUT2D eigenvalue weighted by molar-refractivity contribution is 5.73. The van der Waals surface area contributed by atoms with E-state index in [-0.39, 0.29) is 5.60 Å². The van der Waals surface area contributed by atoms with Crippen molar-refractivity contribution in [2.75, 3.05) is 6.54 Å². The first-order valence-electron chi connectivity index (χ1n) is 3.15. The fourth-order valence-corrected chi connectivity index (χ4v) is 0.746. The Balaban J connectivity index is 2.53. The molecule has 1 aliphatic rings. The van der Waals surface area contributed by atoms with Crippen molar-refractivity contribution in [3.05, 3.63) is 0 Å². The van der Waals surface area contributed by atoms with Crippen LogP contribution in [0.4, 0.5) is 0 Å². The molecule has 2 N–H and O–H groups in total. The van der Waals surface area contributed by atoms with Gasteiger partial charge >= 0.3 is 0 Å². The minimum Gasteiger partial charge on any atom is -0.457 e. The second kappa shape index (κ2) is 1.90. The molecular weight excluding hydrogens is 116 g/mol. The van der Waals surface area contributed by atoms with Crippen LogP contribution >= 0.6 is 0 Å². The van der Waals surface area contributed by atoms with Gasteiger partial charge in [-0.2, -0.15) is 0 Å². The summed E-state index contributed by atoms with van der Waals surface area (Å²) in [5, 5.41) is 0. The lowest BCUT2D eigenvalue weighted by molar-refractivity contribution is 0.102. The zero-order valence-corrected chi connectivity index (χ0v) is 5.85. The summed E-state index contributed by atoms with van der Waals surface area (Å²) >= 11 is 0. The molecule has 1 atom stereocenters. The Hall–Kier alpha value is -0.730. The van der Waals surface area contributed by atoms with Crippen molar-refractivity contribution in [1.29, 1.82) is 0 Å². The molecule has 3 heteroatoms. The van der Waals surface area contributed by atoms with E-state index in [0.29, 0.717) is 12.6 Å². The molecule has 0 aliphatic carbocycles. The number of aliphatic imine (C=N–C) groups is 1. The topological polar surface area (TPSA) is 47.6 Å². The normalized spacial score (nSPS) is 33.8. The lowest BCUT2D eigenvalue weighted by Gasteiger charge is -2.19. The smallest absolute Gasteiger partial charge is 0.282 e. The molecule has 0 saturated heterocycles. The van der Waals surface area contributed by atoms with Crippen molar-refractivity contribution in [2.45, 2.75) is 25.9 Å². The van der Waals surface area contributed by atoms with Gasteiger partial charge < -0.3 is 10.5 Å². The molecule has 1 unspecified atom stereocenters. The highest BCUT2D eigenvalue weighted by Crippen LogP contribution is 2.19. The Bertz CT molecular complexity index is 144. The number of ether oxygens (including phenoxy) is 1. The predicted octanol–water partition coefficient (Wildman–Crippen LogP) is 0.500. The minimum absolute atomic E-state index is 0.121. The molecule has 1 rings (SSSR count). The molecule has 1 aliphatic heterocycles. The van der Waals surface area contributed by atoms with Crippen molar-refractivity contribution < 1.29 is 4.74 Å². The highest BCUT2D eigenvalue weighted by atomic mass is 16.5. The Labute approximate surface area is 54.9 Å². The van der Waals surface area contributed by atoms with Gasteiger partial charge in [0.15, 0.2) is 0 Å². The zero-order chi connectivity index (χ0) is 6.91. The van der Waals surface area contributed by atoms with Crippen LogP contribution in [0.1, 0.15) is 20.3 Å². The second-order valence-corrected chi connectivity index (χ2v) is 2.56. The van der Waals surface area contributed by atoms with E-state index in [0.717, 1.165) is 6.42 Å². The van der Waals surface area contributed by atoms with E-state index in [1.54, 1.807) is 0 Å². The molecule has 9 heavy (non-hydrogen) atoms. The third-order valence-electron chi connectivity index (χ3n) is 1.67. The van der Waals surface area contributed by atoms with Crippen LogP contribution in [0.15, 0.2) is 4.99 Å². The van der Waals surface area contributed by atoms with Crippen LogP contribution in [0.2, 0.25) is 0 Å². The molecule has 3 nitrogen and oxygen atoms in total. The van der Waals surface area contributed by atoms with Crippen LogP contribution in [-0.4, -0.2) is 18.2 Å². The number of hydrogen-bond donors (Lipinski definition) is 1. The number of rotatable bonds is 1. The van der Waals surface area contributed by atoms with Crippen molar-refractivity contribution in [2.24, 2.45) is 10.7 Å². The van der Waals surface area contributed by atoms with E-state index in [2.05, 4.69) is 11.9 Å². The molecular formula is C6H12N2O. The molecule has 0 saturated carbocycles. The SMILES string of the molecule is CCC1(C)CN=C(N)O1. The molecule has 0 aromatic heterocycles. The fraction of sp³-hybridized carbons (Fsp3) is 0.833. The largest absolute Gasteiger partial charge is 0.457 e. The van der Waals surface area contributed by atoms with Crippen molar-refractivity contribution in [3.8, 4) is 0 Å². The molecule has 0 bridgehead atoms. The molecule has 0 aromatic rings. The molecule has 1 heterocycles. The first kappa shape index (κ1) is 6.39. The minimum atomic E-state index is -0.121. The Morgan fingerprint density at radius 1 is 1.89 bits per heavy atom. The summed E-state index contributed by atoms with van der Waals surface area (Å²) in [5.74, 6) is 0. The average molecular weight is 128 g/mol. The van der Waals surface area contributed by atoms with Crippen LogP contribution in [0.25, 0.3) is 0 Å². The molecule has 0 radical (unpaired) electrons. The summed E-state index contributed by atoms with van der Waals surface area (Å²) in [6, 6.07) is 0.333. The summed E-state index contributed by atoms with van der Waals surface area (Å²) < 4.78 is 5.23. The molecule has 52 valence electrons. The van der Waals surface area contributed by atoms with Crippen LogP contribution in [0.3, 0.4) is 0 Å². The van der Waals surface area contributed by atoms with E-state index in [9.17, 15) is 0 Å². The van der Waals surface area contributed by atoms with Gasteiger partial charge in [-0.25, -0.2) is 4.99 Å². The summed E-state index contributed by atoms with van der Waals surface area (Å²) in [5.41, 5.74) is 5.19. The van der Waals surface area contributed by atoms with E-state index in [4.69, 9.17) is 10.5 Å². The Kier molecular flexibility index (Phi) is 1.35. The maximum absolute atomic E-state index is 5.31. The predicted molar refractivity (Wildman–Crippen MR) is 36.3 cm³/mol. The van der Waals surface area contributed by atoms with Crippen LogP contribution in [-0.2, 0) is 4.74 Å². The zero-order valence-electron chi connectivity index (χ0n) is 5.85. The van der Waals surface area contributed by atoms with Crippen LogP contribution < -0.4 is 5.73 Å². The maximum atomic E-state index is 5.31. The third-order valence-corrected chi connectivity index (χ3v) is 1.67. The molecule has 0 spiro atoms. The van der Waals surface area contributed by atoms with Crippen LogP contribution in [0, 0.1) is 0 Å². The van der Waals surface area contributed by atoms with Gasteiger partial charge in [0, 0.05) is 0 Å². The summed E-state index contributed by atoms with van der Waals surface area (Å²) in [6.07, 6.45) is 0.956. The monoisotopic (exact) mass is 128 g/mol. The number of nitrogens with zero attached hydrogens (tertiary/aromatic N) is 1. The van der Waals surface area contributed by atoms with Crippen molar-refractivity contribution in [1.82, 2.24) is 0 Å². The van der Waals surface area contributed by atoms with E-state index >= 15 is 0 Å². The van der Waals surface area contributed by atoms with Gasteiger partial charge in [-0.05, 0) is 13.3 Å². The maximum Gasteiger partial charge on any atom is 0.282 e. The quantitative estimate of drug-likeness (QED) is 0.559. The summed E-state index contributed by atoms with van der Waals surface area (Å²) in [6.45, 7) is 4.78. The lowest BCUT2D eigenvalue weighted by atomic mass is 10.1. The Morgan fingerprint density at radius 2 is 2.56 bits per heavy atom. The van der Waals surface area contributed by atoms with E-state index < -0.39 is 0 Å². The number of nitrogens with two attached hydrogens (primary N) is 1. The van der Waals surface area contributed by atoms with Gasteiger partial charge in [0.25, 0.3) is 6.02 Å². The van der Waals surface area contributed by atoms with Gasteiger partial charge in [-0.15, -0.1) is 0 Å². The second-order valence-electron chi connectivity index (χ2n) is 2.56. The molecule has 0 aromatic carbocycles. The number of hydrogen-bond acceptors (Lipinski definition) is 3. The van der Waals surface area contributed by atoms with Gasteiger partial charge in [-0.1, -0.05) is 6.92 Å². The summed E-state index contributed by atoms with van der Waals surface area (Å²) in [7, 11) is 0. The van der Waals surface area contributed by atoms with Gasteiger partial charge in [0.1, 0.15) is 5.60 Å². The van der Waals surface area contributed by atoms with Gasteiger partial charge in [-0.3, -0.25) is 0 Å². The standard InChI is InChI=1S/C6H12N2O/c1-3-6(2)4-8-5(7)9-6/h3-4H2,1-2H3,(H2,7,8). The summed E-state index contributed by atoms with van der Waals surface area (Å²) in [4.78, 5) is 3.93. The first-order valence-corrected chi connectivity index (χ1v) is 3.15. The van der Waals surface area contributed by atoms with E-state index in [1.807, 2.05) is 6.92 Å². The first-order chi connectivity index (χ1) is 4.16. The lowest BCUT2D eigenvalue weighted by Crippen LogP contribution is -2.29. The van der Waals surface area contributed by atoms with Gasteiger partial charge in [0.2, 0.25) is 0 Å². The fourth-order valence-electron chi connectivity index (χ4n) is 0.746. The van der Waals surface area contributed by atoms with Crippen molar-refractivity contribution >= 4 is 6.02 Å². The van der Waals surface area contributed by atoms with Crippen LogP contribution in [0.5, 0.6) is 0 Å². The number of amidine groups is 1. The van der Waals surface area contributed by atoms with E-state index in [1.165, 1.54) is 0 Å². The van der Waals surface area contributed by atoms with Crippen molar-refractivity contribution in [3.63, 3.8) is 0 Å². The molecule has 0 fully saturated rings. The Morgan fingerprint density at radius 3 is 2.78 bits per heavy atom. The highest BCUT2D eigenvalue weighted by Gasteiger charge is 2.29.